The molecule has 0 atom stereocenters. The second-order valence-electron chi connectivity index (χ2n) is 8.16. The lowest BCUT2D eigenvalue weighted by atomic mass is 10.1. The van der Waals surface area contributed by atoms with Gasteiger partial charge in [-0.05, 0) is 59.3 Å². The summed E-state index contributed by atoms with van der Waals surface area (Å²) in [5.41, 5.74) is 4.79. The van der Waals surface area contributed by atoms with Crippen molar-refractivity contribution in [3.63, 3.8) is 0 Å². The van der Waals surface area contributed by atoms with Crippen LogP contribution >= 0.6 is 0 Å². The fourth-order valence-electron chi connectivity index (χ4n) is 5.09. The van der Waals surface area contributed by atoms with Gasteiger partial charge in [-0.1, -0.05) is 48.5 Å². The summed E-state index contributed by atoms with van der Waals surface area (Å²) in [6, 6.07) is 31.3. The van der Waals surface area contributed by atoms with Gasteiger partial charge < -0.3 is 0 Å². The molecule has 32 heavy (non-hydrogen) atoms. The van der Waals surface area contributed by atoms with Gasteiger partial charge in [0.1, 0.15) is 0 Å². The topological polar surface area (TPSA) is 40.6 Å². The Labute approximate surface area is 183 Å². The van der Waals surface area contributed by atoms with E-state index >= 15 is 0 Å². The molecule has 0 unspecified atom stereocenters. The molecule has 0 aromatic heterocycles. The fourth-order valence-corrected chi connectivity index (χ4v) is 5.09. The molecule has 0 fully saturated rings. The predicted octanol–water partition coefficient (Wildman–Crippen LogP) is 6.58. The quantitative estimate of drug-likeness (QED) is 0.329. The summed E-state index contributed by atoms with van der Waals surface area (Å²) in [6.07, 6.45) is 0. The smallest absolute Gasteiger partial charge is 0.263 e. The summed E-state index contributed by atoms with van der Waals surface area (Å²) < 4.78 is 0. The highest BCUT2D eigenvalue weighted by molar-refractivity contribution is 6.29. The van der Waals surface area contributed by atoms with E-state index in [4.69, 9.17) is 0 Å². The largest absolute Gasteiger partial charge is 0.276 e. The van der Waals surface area contributed by atoms with E-state index in [1.54, 1.807) is 9.80 Å². The van der Waals surface area contributed by atoms with Gasteiger partial charge in [-0.25, -0.2) is 0 Å². The van der Waals surface area contributed by atoms with Gasteiger partial charge >= 0.3 is 0 Å². The lowest BCUT2D eigenvalue weighted by Crippen LogP contribution is -2.22. The van der Waals surface area contributed by atoms with Crippen molar-refractivity contribution in [1.82, 2.24) is 0 Å². The van der Waals surface area contributed by atoms with Crippen molar-refractivity contribution in [3.8, 4) is 0 Å². The highest BCUT2D eigenvalue weighted by Crippen LogP contribution is 2.44. The second-order valence-corrected chi connectivity index (χ2v) is 8.16. The average Bonchev–Trinajstić information content (AvgIpc) is 3.29. The Kier molecular flexibility index (Phi) is 3.26. The molecule has 5 aromatic rings. The molecule has 0 bridgehead atoms. The van der Waals surface area contributed by atoms with Crippen LogP contribution in [0.15, 0.2) is 97.1 Å². The molecule has 0 saturated carbocycles. The van der Waals surface area contributed by atoms with Gasteiger partial charge in [0.15, 0.2) is 0 Å². The second kappa shape index (κ2) is 6.05. The molecular weight excluding hydrogens is 396 g/mol. The minimum absolute atomic E-state index is 0.0287. The standard InChI is InChI=1S/C28H16N2O2/c31-27-21-9-1-5-17-7-3-11-23(25(17)21)29(27)19-13-15-20(16-14-19)30-24-12-4-8-18-6-2-10-22(26(18)24)28(30)32/h1-16H. The van der Waals surface area contributed by atoms with Gasteiger partial charge in [-0.3, -0.25) is 19.4 Å². The van der Waals surface area contributed by atoms with Crippen LogP contribution in [0.25, 0.3) is 21.5 Å². The molecule has 2 amide bonds. The number of carbonyl (C=O) groups excluding carboxylic acids is 2. The van der Waals surface area contributed by atoms with Crippen LogP contribution in [0, 0.1) is 0 Å². The highest BCUT2D eigenvalue weighted by atomic mass is 16.2. The predicted molar refractivity (Wildman–Crippen MR) is 127 cm³/mol. The Bertz CT molecular complexity index is 1490. The first kappa shape index (κ1) is 17.3. The summed E-state index contributed by atoms with van der Waals surface area (Å²) in [4.78, 5) is 29.9. The number of benzene rings is 5. The van der Waals surface area contributed by atoms with Crippen molar-refractivity contribution < 1.29 is 9.59 Å². The van der Waals surface area contributed by atoms with Crippen LogP contribution in [-0.2, 0) is 0 Å². The van der Waals surface area contributed by atoms with E-state index in [0.717, 1.165) is 55.4 Å². The molecule has 150 valence electrons. The average molecular weight is 412 g/mol. The van der Waals surface area contributed by atoms with Gasteiger partial charge in [0, 0.05) is 22.1 Å². The van der Waals surface area contributed by atoms with Crippen LogP contribution in [0.5, 0.6) is 0 Å². The maximum atomic E-state index is 13.2. The molecule has 0 saturated heterocycles. The normalized spacial score (nSPS) is 14.2. The van der Waals surface area contributed by atoms with E-state index < -0.39 is 0 Å². The molecule has 2 heterocycles. The van der Waals surface area contributed by atoms with Gasteiger partial charge in [0.05, 0.1) is 22.5 Å². The first-order valence-corrected chi connectivity index (χ1v) is 10.5. The zero-order valence-corrected chi connectivity index (χ0v) is 16.9. The first-order valence-electron chi connectivity index (χ1n) is 10.5. The maximum absolute atomic E-state index is 13.2. The number of hydrogen-bond donors (Lipinski definition) is 0. The summed E-state index contributed by atoms with van der Waals surface area (Å²) in [6.45, 7) is 0. The Balaban J connectivity index is 1.32. The number of hydrogen-bond acceptors (Lipinski definition) is 2. The Morgan fingerprint density at radius 3 is 1.22 bits per heavy atom. The van der Waals surface area contributed by atoms with Crippen molar-refractivity contribution in [3.05, 3.63) is 108 Å². The number of rotatable bonds is 2. The van der Waals surface area contributed by atoms with E-state index in [0.29, 0.717) is 0 Å². The molecule has 0 spiro atoms. The Morgan fingerprint density at radius 2 is 0.812 bits per heavy atom. The Hall–Kier alpha value is -4.44. The van der Waals surface area contributed by atoms with E-state index in [2.05, 4.69) is 0 Å². The minimum Gasteiger partial charge on any atom is -0.276 e. The van der Waals surface area contributed by atoms with Crippen molar-refractivity contribution in [2.45, 2.75) is 0 Å². The van der Waals surface area contributed by atoms with Crippen LogP contribution in [0.2, 0.25) is 0 Å². The zero-order valence-electron chi connectivity index (χ0n) is 16.9. The monoisotopic (exact) mass is 412 g/mol. The van der Waals surface area contributed by atoms with Crippen molar-refractivity contribution in [2.75, 3.05) is 9.80 Å². The van der Waals surface area contributed by atoms with Crippen molar-refractivity contribution >= 4 is 56.1 Å². The lowest BCUT2D eigenvalue weighted by Gasteiger charge is -2.21. The number of amides is 2. The third-order valence-corrected chi connectivity index (χ3v) is 6.48. The van der Waals surface area contributed by atoms with Crippen LogP contribution in [0.1, 0.15) is 20.7 Å². The van der Waals surface area contributed by atoms with Crippen molar-refractivity contribution in [2.24, 2.45) is 0 Å². The molecule has 7 rings (SSSR count). The van der Waals surface area contributed by atoms with E-state index in [1.807, 2.05) is 97.1 Å². The zero-order chi connectivity index (χ0) is 21.4. The van der Waals surface area contributed by atoms with Gasteiger partial charge in [-0.2, -0.15) is 0 Å². The lowest BCUT2D eigenvalue weighted by molar-refractivity contribution is 0.0996. The molecule has 4 heteroatoms. The number of carbonyl (C=O) groups is 2. The van der Waals surface area contributed by atoms with Crippen LogP contribution in [0.4, 0.5) is 22.7 Å². The summed E-state index contributed by atoms with van der Waals surface area (Å²) in [5, 5.41) is 4.09. The molecule has 0 N–H and O–H groups in total. The minimum atomic E-state index is -0.0287. The molecule has 4 nitrogen and oxygen atoms in total. The third-order valence-electron chi connectivity index (χ3n) is 6.48. The van der Waals surface area contributed by atoms with Crippen LogP contribution in [-0.4, -0.2) is 11.8 Å². The van der Waals surface area contributed by atoms with Gasteiger partial charge in [-0.15, -0.1) is 0 Å². The first-order chi connectivity index (χ1) is 15.7. The number of anilines is 4. The molecule has 2 aliphatic heterocycles. The summed E-state index contributed by atoms with van der Waals surface area (Å²) in [5.74, 6) is -0.0575. The fraction of sp³-hybridized carbons (Fsp3) is 0. The molecule has 5 aromatic carbocycles. The Morgan fingerprint density at radius 1 is 0.438 bits per heavy atom. The van der Waals surface area contributed by atoms with Crippen LogP contribution in [0.3, 0.4) is 0 Å². The van der Waals surface area contributed by atoms with E-state index in [-0.39, 0.29) is 11.8 Å². The summed E-state index contributed by atoms with van der Waals surface area (Å²) in [7, 11) is 0. The third kappa shape index (κ3) is 2.11. The molecule has 0 radical (unpaired) electrons. The molecular formula is C28H16N2O2. The van der Waals surface area contributed by atoms with E-state index in [9.17, 15) is 9.59 Å². The van der Waals surface area contributed by atoms with Gasteiger partial charge in [0.2, 0.25) is 0 Å². The van der Waals surface area contributed by atoms with Crippen LogP contribution < -0.4 is 9.80 Å². The highest BCUT2D eigenvalue weighted by Gasteiger charge is 2.33. The SMILES string of the molecule is O=C1c2cccc3cccc(c23)N1c1ccc(N2C(=O)c3cccc4cccc2c34)cc1. The maximum Gasteiger partial charge on any atom is 0.263 e. The molecule has 0 aliphatic carbocycles. The summed E-state index contributed by atoms with van der Waals surface area (Å²) >= 11 is 0. The molecule has 2 aliphatic rings. The van der Waals surface area contributed by atoms with E-state index in [1.165, 1.54) is 0 Å². The van der Waals surface area contributed by atoms with Crippen molar-refractivity contribution in [1.29, 1.82) is 0 Å². The number of nitrogens with zero attached hydrogens (tertiary/aromatic N) is 2. The van der Waals surface area contributed by atoms with Gasteiger partial charge in [0.25, 0.3) is 11.8 Å².